The molecule has 4 N–H and O–H groups in total. The molecule has 0 saturated carbocycles. The molecule has 0 aliphatic carbocycles. The lowest BCUT2D eigenvalue weighted by atomic mass is 10.2. The smallest absolute Gasteiger partial charge is 0.347 e. The predicted octanol–water partition coefficient (Wildman–Crippen LogP) is 5.20. The number of aromatic carboxylic acids is 1. The summed E-state index contributed by atoms with van der Waals surface area (Å²) < 4.78 is 10.5. The van der Waals surface area contributed by atoms with Gasteiger partial charge in [0.05, 0.1) is 0 Å². The van der Waals surface area contributed by atoms with Crippen molar-refractivity contribution in [3.63, 3.8) is 0 Å². The van der Waals surface area contributed by atoms with Crippen LogP contribution in [-0.2, 0) is 0 Å². The number of benzene rings is 4. The second kappa shape index (κ2) is 11.1. The molecule has 8 nitrogen and oxygen atoms in total. The van der Waals surface area contributed by atoms with Crippen LogP contribution in [0, 0.1) is 0 Å². The van der Waals surface area contributed by atoms with E-state index >= 15 is 0 Å². The van der Waals surface area contributed by atoms with Crippen LogP contribution >= 0.6 is 0 Å². The Bertz CT molecular complexity index is 1270. The summed E-state index contributed by atoms with van der Waals surface area (Å²) >= 11 is 0. The summed E-state index contributed by atoms with van der Waals surface area (Å²) in [7, 11) is 0. The number of hydrogen-bond acceptors (Lipinski definition) is 7. The number of para-hydroxylation sites is 2. The fourth-order valence-electron chi connectivity index (χ4n) is 2.73. The van der Waals surface area contributed by atoms with Crippen LogP contribution in [-0.4, -0.2) is 32.4 Å². The Morgan fingerprint density at radius 1 is 0.618 bits per heavy atom. The third kappa shape index (κ3) is 6.51. The van der Waals surface area contributed by atoms with E-state index in [9.17, 15) is 19.8 Å². The van der Waals surface area contributed by atoms with Gasteiger partial charge in [0.2, 0.25) is 0 Å². The number of phenolic OH excluding ortho intramolecular Hbond substituents is 3. The number of aromatic hydroxyl groups is 3. The van der Waals surface area contributed by atoms with Crippen molar-refractivity contribution in [2.24, 2.45) is 0 Å². The largest absolute Gasteiger partial charge is 0.508 e. The van der Waals surface area contributed by atoms with Gasteiger partial charge in [-0.3, -0.25) is 0 Å². The van der Waals surface area contributed by atoms with E-state index in [1.807, 2.05) is 6.07 Å². The van der Waals surface area contributed by atoms with E-state index in [2.05, 4.69) is 0 Å². The number of rotatable bonds is 5. The first-order valence-electron chi connectivity index (χ1n) is 9.92. The molecule has 4 aromatic carbocycles. The van der Waals surface area contributed by atoms with Gasteiger partial charge in [0.25, 0.3) is 0 Å². The van der Waals surface area contributed by atoms with Crippen molar-refractivity contribution in [2.75, 3.05) is 0 Å². The standard InChI is InChI=1S/2C13H10O4/c14-9-6-7-11(13(15)16)12(8-9)17-10-4-2-1-3-5-10;14-9-6-7-11(12(15)8-9)13(16)17-10-4-2-1-3-5-10/h1-8,14H,(H,15,16);1-8,14-15H. The van der Waals surface area contributed by atoms with Crippen LogP contribution in [0.2, 0.25) is 0 Å². The average Bonchev–Trinajstić information content (AvgIpc) is 2.80. The van der Waals surface area contributed by atoms with Crippen molar-refractivity contribution < 1.29 is 39.5 Å². The zero-order valence-electron chi connectivity index (χ0n) is 17.7. The number of hydrogen-bond donors (Lipinski definition) is 4. The lowest BCUT2D eigenvalue weighted by Gasteiger charge is -2.08. The molecule has 0 spiro atoms. The Morgan fingerprint density at radius 3 is 1.71 bits per heavy atom. The first-order valence-corrected chi connectivity index (χ1v) is 9.92. The van der Waals surface area contributed by atoms with Gasteiger partial charge in [0, 0.05) is 12.1 Å². The number of esters is 1. The molecule has 172 valence electrons. The minimum atomic E-state index is -1.10. The quantitative estimate of drug-likeness (QED) is 0.236. The van der Waals surface area contributed by atoms with Gasteiger partial charge < -0.3 is 29.9 Å². The van der Waals surface area contributed by atoms with Crippen LogP contribution in [0.3, 0.4) is 0 Å². The fraction of sp³-hybridized carbons (Fsp3) is 0. The number of ether oxygens (including phenoxy) is 2. The van der Waals surface area contributed by atoms with Gasteiger partial charge in [-0.1, -0.05) is 36.4 Å². The summed E-state index contributed by atoms with van der Waals surface area (Å²) in [5.74, 6) is -1.22. The molecule has 0 heterocycles. The molecule has 0 saturated heterocycles. The summed E-state index contributed by atoms with van der Waals surface area (Å²) in [6.45, 7) is 0. The summed E-state index contributed by atoms with van der Waals surface area (Å²) in [4.78, 5) is 22.6. The molecule has 0 fully saturated rings. The molecule has 0 unspecified atom stereocenters. The van der Waals surface area contributed by atoms with Gasteiger partial charge >= 0.3 is 11.9 Å². The lowest BCUT2D eigenvalue weighted by molar-refractivity contribution is 0.0691. The number of carbonyl (C=O) groups is 2. The van der Waals surface area contributed by atoms with Gasteiger partial charge in [-0.2, -0.15) is 0 Å². The number of carboxylic acid groups (broad SMARTS) is 1. The third-order valence-corrected chi connectivity index (χ3v) is 4.32. The van der Waals surface area contributed by atoms with Crippen molar-refractivity contribution in [3.05, 3.63) is 108 Å². The first kappa shape index (κ1) is 23.7. The van der Waals surface area contributed by atoms with Gasteiger partial charge in [-0.15, -0.1) is 0 Å². The molecule has 0 amide bonds. The Morgan fingerprint density at radius 2 is 1.15 bits per heavy atom. The maximum Gasteiger partial charge on any atom is 0.347 e. The van der Waals surface area contributed by atoms with Crippen LogP contribution in [0.5, 0.6) is 34.5 Å². The van der Waals surface area contributed by atoms with Crippen molar-refractivity contribution in [1.82, 2.24) is 0 Å². The molecule has 0 bridgehead atoms. The van der Waals surface area contributed by atoms with Crippen molar-refractivity contribution >= 4 is 11.9 Å². The highest BCUT2D eigenvalue weighted by Gasteiger charge is 2.14. The molecule has 0 radical (unpaired) electrons. The van der Waals surface area contributed by atoms with Gasteiger partial charge in [-0.25, -0.2) is 9.59 Å². The van der Waals surface area contributed by atoms with E-state index in [-0.39, 0.29) is 34.1 Å². The Labute approximate surface area is 194 Å². The molecule has 0 atom stereocenters. The molecular formula is C26H20O8. The maximum absolute atomic E-state index is 11.7. The van der Waals surface area contributed by atoms with Crippen LogP contribution in [0.25, 0.3) is 0 Å². The molecule has 0 aliphatic rings. The summed E-state index contributed by atoms with van der Waals surface area (Å²) in [6.07, 6.45) is 0. The summed E-state index contributed by atoms with van der Waals surface area (Å²) in [5.41, 5.74) is 0.0123. The van der Waals surface area contributed by atoms with Gasteiger partial charge in [-0.05, 0) is 48.5 Å². The molecule has 4 aromatic rings. The highest BCUT2D eigenvalue weighted by atomic mass is 16.5. The van der Waals surface area contributed by atoms with Crippen molar-refractivity contribution in [2.45, 2.75) is 0 Å². The normalized spacial score (nSPS) is 9.88. The zero-order valence-corrected chi connectivity index (χ0v) is 17.7. The average molecular weight is 460 g/mol. The minimum absolute atomic E-state index is 0.00616. The highest BCUT2D eigenvalue weighted by molar-refractivity contribution is 5.94. The monoisotopic (exact) mass is 460 g/mol. The van der Waals surface area contributed by atoms with E-state index < -0.39 is 11.9 Å². The van der Waals surface area contributed by atoms with Gasteiger partial charge in [0.15, 0.2) is 0 Å². The number of phenols is 3. The van der Waals surface area contributed by atoms with Gasteiger partial charge in [0.1, 0.15) is 45.6 Å². The number of carboxylic acids is 1. The van der Waals surface area contributed by atoms with Crippen molar-refractivity contribution in [3.8, 4) is 34.5 Å². The van der Waals surface area contributed by atoms with Crippen LogP contribution in [0.1, 0.15) is 20.7 Å². The first-order chi connectivity index (χ1) is 16.3. The fourth-order valence-corrected chi connectivity index (χ4v) is 2.73. The van der Waals surface area contributed by atoms with Crippen molar-refractivity contribution in [1.29, 1.82) is 0 Å². The SMILES string of the molecule is O=C(O)c1ccc(O)cc1Oc1ccccc1.O=C(Oc1ccccc1)c1ccc(O)cc1O. The molecule has 0 aliphatic heterocycles. The molecule has 4 rings (SSSR count). The Kier molecular flexibility index (Phi) is 7.70. The van der Waals surface area contributed by atoms with E-state index in [0.29, 0.717) is 11.5 Å². The van der Waals surface area contributed by atoms with Crippen LogP contribution < -0.4 is 9.47 Å². The molecular weight excluding hydrogens is 440 g/mol. The maximum atomic E-state index is 11.7. The van der Waals surface area contributed by atoms with E-state index in [1.54, 1.807) is 54.6 Å². The second-order valence-electron chi connectivity index (χ2n) is 6.80. The Hall–Kier alpha value is -4.98. The highest BCUT2D eigenvalue weighted by Crippen LogP contribution is 2.29. The molecule has 8 heteroatoms. The predicted molar refractivity (Wildman–Crippen MR) is 123 cm³/mol. The molecule has 0 aromatic heterocycles. The van der Waals surface area contributed by atoms with Crippen LogP contribution in [0.4, 0.5) is 0 Å². The van der Waals surface area contributed by atoms with E-state index in [4.69, 9.17) is 19.7 Å². The topological polar surface area (TPSA) is 134 Å². The zero-order chi connectivity index (χ0) is 24.5. The number of carbonyl (C=O) groups excluding carboxylic acids is 1. The summed E-state index contributed by atoms with van der Waals surface area (Å²) in [6, 6.07) is 24.9. The second-order valence-corrected chi connectivity index (χ2v) is 6.80. The Balaban J connectivity index is 0.000000191. The summed E-state index contributed by atoms with van der Waals surface area (Å²) in [5, 5.41) is 36.9. The molecule has 34 heavy (non-hydrogen) atoms. The van der Waals surface area contributed by atoms with E-state index in [1.165, 1.54) is 30.3 Å². The van der Waals surface area contributed by atoms with Crippen LogP contribution in [0.15, 0.2) is 97.1 Å². The third-order valence-electron chi connectivity index (χ3n) is 4.32. The van der Waals surface area contributed by atoms with E-state index in [0.717, 1.165) is 6.07 Å². The lowest BCUT2D eigenvalue weighted by Crippen LogP contribution is -2.08. The minimum Gasteiger partial charge on any atom is -0.508 e.